The monoisotopic (exact) mass is 340 g/mol. The van der Waals surface area contributed by atoms with Crippen LogP contribution in [0.4, 0.5) is 10.5 Å². The van der Waals surface area contributed by atoms with Gasteiger partial charge in [0.2, 0.25) is 0 Å². The van der Waals surface area contributed by atoms with Crippen LogP contribution in [0.25, 0.3) is 6.08 Å². The summed E-state index contributed by atoms with van der Waals surface area (Å²) in [6.07, 6.45) is 3.24. The quantitative estimate of drug-likeness (QED) is 0.767. The highest BCUT2D eigenvalue weighted by Gasteiger charge is 2.04. The van der Waals surface area contributed by atoms with Crippen LogP contribution < -0.4 is 10.6 Å². The summed E-state index contributed by atoms with van der Waals surface area (Å²) in [6, 6.07) is 11.7. The average Bonchev–Trinajstić information content (AvgIpc) is 2.43. The zero-order chi connectivity index (χ0) is 15.2. The van der Waals surface area contributed by atoms with Crippen LogP contribution in [0, 0.1) is 0 Å². The number of urea groups is 1. The smallest absolute Gasteiger partial charge is 0.314 e. The number of benzene rings is 2. The lowest BCUT2D eigenvalue weighted by Crippen LogP contribution is -2.23. The molecule has 0 aromatic heterocycles. The molecule has 2 amide bonds. The number of anilines is 1. The first-order chi connectivity index (χ1) is 10.0. The molecule has 0 saturated carbocycles. The van der Waals surface area contributed by atoms with E-state index < -0.39 is 6.03 Å². The summed E-state index contributed by atoms with van der Waals surface area (Å²) < 4.78 is 0. The minimum absolute atomic E-state index is 0.411. The molecule has 0 aliphatic rings. The largest absolute Gasteiger partial charge is 0.323 e. The van der Waals surface area contributed by atoms with Crippen molar-refractivity contribution in [3.8, 4) is 0 Å². The number of rotatable bonds is 3. The van der Waals surface area contributed by atoms with Crippen LogP contribution in [0.5, 0.6) is 0 Å². The third-order valence-corrected chi connectivity index (χ3v) is 3.32. The predicted octanol–water partition coefficient (Wildman–Crippen LogP) is 5.44. The van der Waals surface area contributed by atoms with E-state index in [1.54, 1.807) is 36.4 Å². The highest BCUT2D eigenvalue weighted by molar-refractivity contribution is 6.35. The Labute approximate surface area is 137 Å². The molecule has 0 atom stereocenters. The first-order valence-corrected chi connectivity index (χ1v) is 7.13. The van der Waals surface area contributed by atoms with Crippen LogP contribution in [-0.2, 0) is 0 Å². The lowest BCUT2D eigenvalue weighted by molar-refractivity contribution is 0.255. The maximum Gasteiger partial charge on any atom is 0.323 e. The second-order valence-electron chi connectivity index (χ2n) is 4.11. The SMILES string of the molecule is O=C(N/C=C/c1cccc(Cl)c1)Nc1cc(Cl)ccc1Cl. The summed E-state index contributed by atoms with van der Waals surface area (Å²) in [5.41, 5.74) is 1.32. The van der Waals surface area contributed by atoms with E-state index in [4.69, 9.17) is 34.8 Å². The Bertz CT molecular complexity index is 686. The molecular formula is C15H11Cl3N2O. The zero-order valence-corrected chi connectivity index (χ0v) is 13.0. The Morgan fingerprint density at radius 3 is 2.52 bits per heavy atom. The lowest BCUT2D eigenvalue weighted by Gasteiger charge is -2.07. The van der Waals surface area contributed by atoms with Crippen LogP contribution >= 0.6 is 34.8 Å². The molecule has 0 saturated heterocycles. The van der Waals surface area contributed by atoms with E-state index in [0.717, 1.165) is 5.56 Å². The summed E-state index contributed by atoms with van der Waals surface area (Å²) in [4.78, 5) is 11.7. The topological polar surface area (TPSA) is 41.1 Å². The molecule has 108 valence electrons. The van der Waals surface area contributed by atoms with Crippen molar-refractivity contribution < 1.29 is 4.79 Å². The van der Waals surface area contributed by atoms with Gasteiger partial charge < -0.3 is 10.6 Å². The van der Waals surface area contributed by atoms with Crippen LogP contribution in [0.1, 0.15) is 5.56 Å². The molecule has 0 heterocycles. The summed E-state index contributed by atoms with van der Waals surface area (Å²) in [5.74, 6) is 0. The van der Waals surface area contributed by atoms with Gasteiger partial charge in [-0.05, 0) is 42.0 Å². The van der Waals surface area contributed by atoms with Gasteiger partial charge in [0.1, 0.15) is 0 Å². The highest BCUT2D eigenvalue weighted by Crippen LogP contribution is 2.25. The number of hydrogen-bond acceptors (Lipinski definition) is 1. The summed E-state index contributed by atoms with van der Waals surface area (Å²) in [7, 11) is 0. The second-order valence-corrected chi connectivity index (χ2v) is 5.39. The molecule has 2 rings (SSSR count). The van der Waals surface area contributed by atoms with E-state index in [0.29, 0.717) is 20.8 Å². The van der Waals surface area contributed by atoms with Gasteiger partial charge in [-0.25, -0.2) is 4.79 Å². The van der Waals surface area contributed by atoms with Crippen molar-refractivity contribution in [1.82, 2.24) is 5.32 Å². The van der Waals surface area contributed by atoms with Crippen molar-refractivity contribution >= 4 is 52.6 Å². The number of nitrogens with one attached hydrogen (secondary N) is 2. The molecular weight excluding hydrogens is 331 g/mol. The van der Waals surface area contributed by atoms with Crippen molar-refractivity contribution in [2.75, 3.05) is 5.32 Å². The number of carbonyl (C=O) groups excluding carboxylic acids is 1. The van der Waals surface area contributed by atoms with Gasteiger partial charge in [-0.1, -0.05) is 46.9 Å². The molecule has 0 aliphatic heterocycles. The van der Waals surface area contributed by atoms with Gasteiger partial charge in [0, 0.05) is 16.2 Å². The van der Waals surface area contributed by atoms with Gasteiger partial charge in [-0.3, -0.25) is 0 Å². The molecule has 0 fully saturated rings. The molecule has 0 radical (unpaired) electrons. The molecule has 3 nitrogen and oxygen atoms in total. The molecule has 0 aliphatic carbocycles. The fourth-order valence-corrected chi connectivity index (χ4v) is 2.11. The van der Waals surface area contributed by atoms with E-state index in [-0.39, 0.29) is 0 Å². The van der Waals surface area contributed by atoms with Gasteiger partial charge in [0.25, 0.3) is 0 Å². The van der Waals surface area contributed by atoms with E-state index in [1.165, 1.54) is 6.20 Å². The van der Waals surface area contributed by atoms with Gasteiger partial charge in [0.15, 0.2) is 0 Å². The number of amides is 2. The molecule has 0 spiro atoms. The number of hydrogen-bond donors (Lipinski definition) is 2. The molecule has 2 aromatic rings. The summed E-state index contributed by atoms with van der Waals surface area (Å²) in [5, 5.41) is 6.71. The normalized spacial score (nSPS) is 10.6. The molecule has 6 heteroatoms. The Hall–Kier alpha value is -1.68. The van der Waals surface area contributed by atoms with E-state index in [1.807, 2.05) is 12.1 Å². The Morgan fingerprint density at radius 2 is 1.76 bits per heavy atom. The Morgan fingerprint density at radius 1 is 1.00 bits per heavy atom. The highest BCUT2D eigenvalue weighted by atomic mass is 35.5. The maximum atomic E-state index is 11.7. The first kappa shape index (κ1) is 15.7. The van der Waals surface area contributed by atoms with Gasteiger partial charge in [0.05, 0.1) is 10.7 Å². The molecule has 2 aromatic carbocycles. The van der Waals surface area contributed by atoms with Crippen molar-refractivity contribution in [2.45, 2.75) is 0 Å². The standard InChI is InChI=1S/C15H11Cl3N2O/c16-11-3-1-2-10(8-11)6-7-19-15(21)20-14-9-12(17)4-5-13(14)18/h1-9H,(H2,19,20,21)/b7-6+. The van der Waals surface area contributed by atoms with Crippen molar-refractivity contribution in [3.05, 3.63) is 69.3 Å². The first-order valence-electron chi connectivity index (χ1n) is 5.99. The van der Waals surface area contributed by atoms with Crippen LogP contribution in [0.2, 0.25) is 15.1 Å². The third kappa shape index (κ3) is 4.97. The van der Waals surface area contributed by atoms with Crippen molar-refractivity contribution in [1.29, 1.82) is 0 Å². The minimum atomic E-state index is -0.419. The number of carbonyl (C=O) groups is 1. The van der Waals surface area contributed by atoms with E-state index in [9.17, 15) is 4.79 Å². The maximum absolute atomic E-state index is 11.7. The molecule has 21 heavy (non-hydrogen) atoms. The fourth-order valence-electron chi connectivity index (χ4n) is 1.58. The fraction of sp³-hybridized carbons (Fsp3) is 0. The van der Waals surface area contributed by atoms with Gasteiger partial charge >= 0.3 is 6.03 Å². The van der Waals surface area contributed by atoms with Crippen molar-refractivity contribution in [2.24, 2.45) is 0 Å². The second kappa shape index (κ2) is 7.36. The van der Waals surface area contributed by atoms with Crippen LogP contribution in [-0.4, -0.2) is 6.03 Å². The Balaban J connectivity index is 1.94. The van der Waals surface area contributed by atoms with Crippen LogP contribution in [0.15, 0.2) is 48.7 Å². The van der Waals surface area contributed by atoms with Crippen LogP contribution in [0.3, 0.4) is 0 Å². The van der Waals surface area contributed by atoms with E-state index in [2.05, 4.69) is 10.6 Å². The predicted molar refractivity (Wildman–Crippen MR) is 89.1 cm³/mol. The summed E-state index contributed by atoms with van der Waals surface area (Å²) in [6.45, 7) is 0. The van der Waals surface area contributed by atoms with Gasteiger partial charge in [-0.2, -0.15) is 0 Å². The van der Waals surface area contributed by atoms with Gasteiger partial charge in [-0.15, -0.1) is 0 Å². The van der Waals surface area contributed by atoms with Crippen molar-refractivity contribution in [3.63, 3.8) is 0 Å². The summed E-state index contributed by atoms with van der Waals surface area (Å²) >= 11 is 17.7. The minimum Gasteiger partial charge on any atom is -0.314 e. The Kier molecular flexibility index (Phi) is 5.51. The molecule has 0 unspecified atom stereocenters. The lowest BCUT2D eigenvalue weighted by atomic mass is 10.2. The number of halogens is 3. The average molecular weight is 342 g/mol. The zero-order valence-electron chi connectivity index (χ0n) is 10.7. The molecule has 2 N–H and O–H groups in total. The van der Waals surface area contributed by atoms with E-state index >= 15 is 0 Å². The molecule has 0 bridgehead atoms. The third-order valence-electron chi connectivity index (χ3n) is 2.52.